The smallest absolute Gasteiger partial charge is 0.408 e. The standard InChI is InChI=1S/C18H27ClN2O3S/c1-18(2,3)24-17(23)21-15(10-11-25(4)5)16(22)20-12-13-8-6-7-9-14(13)19/h6-9,15H,10-12H2,1-5H3,(H-,20,21,22,23)/p+1/t15-/m0/s1. The summed E-state index contributed by atoms with van der Waals surface area (Å²) in [5.74, 6) is 0.608. The first kappa shape index (κ1) is 21.6. The third-order valence-electron chi connectivity index (χ3n) is 3.23. The second-order valence-corrected chi connectivity index (χ2v) is 9.77. The lowest BCUT2D eigenvalue weighted by Crippen LogP contribution is -2.48. The van der Waals surface area contributed by atoms with Crippen LogP contribution in [0.5, 0.6) is 0 Å². The van der Waals surface area contributed by atoms with Gasteiger partial charge in [0, 0.05) is 18.0 Å². The summed E-state index contributed by atoms with van der Waals surface area (Å²) in [6.45, 7) is 5.67. The molecule has 2 amide bonds. The molecule has 2 N–H and O–H groups in total. The van der Waals surface area contributed by atoms with E-state index in [0.717, 1.165) is 11.3 Å². The minimum Gasteiger partial charge on any atom is -0.444 e. The van der Waals surface area contributed by atoms with E-state index in [-0.39, 0.29) is 16.8 Å². The summed E-state index contributed by atoms with van der Waals surface area (Å²) in [5, 5.41) is 6.12. The molecule has 5 nitrogen and oxygen atoms in total. The Morgan fingerprint density at radius 1 is 1.24 bits per heavy atom. The largest absolute Gasteiger partial charge is 0.444 e. The van der Waals surface area contributed by atoms with Crippen molar-refractivity contribution in [3.05, 3.63) is 34.9 Å². The highest BCUT2D eigenvalue weighted by Crippen LogP contribution is 2.14. The number of carbonyl (C=O) groups excluding carboxylic acids is 2. The molecule has 0 aliphatic rings. The molecule has 1 rings (SSSR count). The third kappa shape index (κ3) is 9.02. The average molecular weight is 388 g/mol. The van der Waals surface area contributed by atoms with Crippen molar-refractivity contribution in [3.8, 4) is 0 Å². The molecule has 0 fully saturated rings. The number of alkyl carbamates (subject to hydrolysis) is 1. The number of ether oxygens (including phenoxy) is 1. The first-order valence-electron chi connectivity index (χ1n) is 8.13. The molecule has 0 aliphatic carbocycles. The van der Waals surface area contributed by atoms with Crippen molar-refractivity contribution in [1.82, 2.24) is 10.6 Å². The Morgan fingerprint density at radius 2 is 1.88 bits per heavy atom. The van der Waals surface area contributed by atoms with Crippen LogP contribution in [-0.2, 0) is 27.0 Å². The fourth-order valence-electron chi connectivity index (χ4n) is 2.02. The van der Waals surface area contributed by atoms with Crippen LogP contribution in [0.1, 0.15) is 32.8 Å². The molecule has 0 radical (unpaired) electrons. The van der Waals surface area contributed by atoms with Crippen molar-refractivity contribution < 1.29 is 14.3 Å². The summed E-state index contributed by atoms with van der Waals surface area (Å²) in [5.41, 5.74) is 0.224. The number of amides is 2. The van der Waals surface area contributed by atoms with Crippen LogP contribution >= 0.6 is 11.6 Å². The molecular weight excluding hydrogens is 360 g/mol. The maximum Gasteiger partial charge on any atom is 0.408 e. The molecule has 0 unspecified atom stereocenters. The van der Waals surface area contributed by atoms with E-state index in [1.54, 1.807) is 26.8 Å². The second kappa shape index (κ2) is 9.92. The molecule has 1 atom stereocenters. The zero-order valence-electron chi connectivity index (χ0n) is 15.5. The van der Waals surface area contributed by atoms with Gasteiger partial charge in [-0.1, -0.05) is 29.8 Å². The van der Waals surface area contributed by atoms with Crippen molar-refractivity contribution >= 4 is 34.5 Å². The lowest BCUT2D eigenvalue weighted by Gasteiger charge is -2.23. The van der Waals surface area contributed by atoms with Crippen molar-refractivity contribution in [1.29, 1.82) is 0 Å². The van der Waals surface area contributed by atoms with Gasteiger partial charge in [0.2, 0.25) is 5.91 Å². The van der Waals surface area contributed by atoms with Gasteiger partial charge < -0.3 is 15.4 Å². The molecule has 7 heteroatoms. The van der Waals surface area contributed by atoms with Crippen LogP contribution in [0, 0.1) is 0 Å². The first-order chi connectivity index (χ1) is 11.6. The monoisotopic (exact) mass is 387 g/mol. The van der Waals surface area contributed by atoms with Gasteiger partial charge in [0.1, 0.15) is 17.4 Å². The predicted octanol–water partition coefficient (Wildman–Crippen LogP) is 3.12. The van der Waals surface area contributed by atoms with E-state index in [2.05, 4.69) is 23.1 Å². The van der Waals surface area contributed by atoms with Crippen LogP contribution in [0.25, 0.3) is 0 Å². The SMILES string of the molecule is C[S+](C)CC[C@H](NC(=O)OC(C)(C)C)C(=O)NCc1ccccc1Cl. The third-order valence-corrected chi connectivity index (χ3v) is 4.65. The average Bonchev–Trinajstić information content (AvgIpc) is 2.48. The molecular formula is C18H28ClN2O3S+. The summed E-state index contributed by atoms with van der Waals surface area (Å²) >= 11 is 6.11. The second-order valence-electron chi connectivity index (χ2n) is 6.99. The van der Waals surface area contributed by atoms with Crippen LogP contribution < -0.4 is 10.6 Å². The van der Waals surface area contributed by atoms with E-state index < -0.39 is 17.7 Å². The number of hydrogen-bond donors (Lipinski definition) is 2. The Balaban J connectivity index is 2.68. The van der Waals surface area contributed by atoms with Gasteiger partial charge in [0.25, 0.3) is 0 Å². The van der Waals surface area contributed by atoms with Gasteiger partial charge in [-0.3, -0.25) is 4.79 Å². The van der Waals surface area contributed by atoms with Gasteiger partial charge in [-0.25, -0.2) is 4.79 Å². The van der Waals surface area contributed by atoms with Crippen LogP contribution in [0.2, 0.25) is 5.02 Å². The highest BCUT2D eigenvalue weighted by molar-refractivity contribution is 7.95. The molecule has 1 aromatic rings. The normalized spacial score (nSPS) is 12.6. The van der Waals surface area contributed by atoms with Gasteiger partial charge in [0.05, 0.1) is 12.5 Å². The molecule has 0 saturated carbocycles. The number of rotatable bonds is 7. The van der Waals surface area contributed by atoms with E-state index in [4.69, 9.17) is 16.3 Å². The van der Waals surface area contributed by atoms with Gasteiger partial charge in [-0.05, 0) is 43.3 Å². The highest BCUT2D eigenvalue weighted by atomic mass is 35.5. The van der Waals surface area contributed by atoms with Gasteiger partial charge in [0.15, 0.2) is 0 Å². The zero-order valence-corrected chi connectivity index (χ0v) is 17.1. The zero-order chi connectivity index (χ0) is 19.0. The summed E-state index contributed by atoms with van der Waals surface area (Å²) in [7, 11) is 0.177. The minimum absolute atomic E-state index is 0.177. The van der Waals surface area contributed by atoms with E-state index in [1.165, 1.54) is 0 Å². The highest BCUT2D eigenvalue weighted by Gasteiger charge is 2.25. The predicted molar refractivity (Wildman–Crippen MR) is 105 cm³/mol. The molecule has 1 aromatic carbocycles. The van der Waals surface area contributed by atoms with Crippen LogP contribution in [0.3, 0.4) is 0 Å². The van der Waals surface area contributed by atoms with Crippen LogP contribution in [-0.4, -0.2) is 41.9 Å². The van der Waals surface area contributed by atoms with E-state index in [0.29, 0.717) is 18.0 Å². The van der Waals surface area contributed by atoms with Crippen molar-refractivity contribution in [2.45, 2.75) is 45.4 Å². The maximum absolute atomic E-state index is 12.5. The number of benzene rings is 1. The van der Waals surface area contributed by atoms with E-state index in [1.807, 2.05) is 18.2 Å². The van der Waals surface area contributed by atoms with E-state index >= 15 is 0 Å². The fourth-order valence-corrected chi connectivity index (χ4v) is 2.93. The summed E-state index contributed by atoms with van der Waals surface area (Å²) in [6.07, 6.45) is 4.18. The maximum atomic E-state index is 12.5. The number of carbonyl (C=O) groups is 2. The topological polar surface area (TPSA) is 67.4 Å². The van der Waals surface area contributed by atoms with Crippen molar-refractivity contribution in [2.75, 3.05) is 18.3 Å². The number of nitrogens with one attached hydrogen (secondary N) is 2. The fraction of sp³-hybridized carbons (Fsp3) is 0.556. The molecule has 0 aliphatic heterocycles. The number of hydrogen-bond acceptors (Lipinski definition) is 3. The lowest BCUT2D eigenvalue weighted by molar-refractivity contribution is -0.123. The number of halogens is 1. The molecule has 25 heavy (non-hydrogen) atoms. The molecule has 0 bridgehead atoms. The first-order valence-corrected chi connectivity index (χ1v) is 10.7. The lowest BCUT2D eigenvalue weighted by atomic mass is 10.2. The summed E-state index contributed by atoms with van der Waals surface area (Å²) < 4.78 is 5.26. The van der Waals surface area contributed by atoms with Crippen LogP contribution in [0.15, 0.2) is 24.3 Å². The minimum atomic E-state index is -0.632. The van der Waals surface area contributed by atoms with E-state index in [9.17, 15) is 9.59 Å². The van der Waals surface area contributed by atoms with Gasteiger partial charge in [-0.2, -0.15) is 0 Å². The molecule has 0 heterocycles. The quantitative estimate of drug-likeness (QED) is 0.706. The van der Waals surface area contributed by atoms with Crippen LogP contribution in [0.4, 0.5) is 4.79 Å². The Bertz CT molecular complexity index is 588. The Labute approximate surface area is 158 Å². The van der Waals surface area contributed by atoms with Gasteiger partial charge >= 0.3 is 6.09 Å². The Morgan fingerprint density at radius 3 is 2.44 bits per heavy atom. The molecule has 0 saturated heterocycles. The molecule has 140 valence electrons. The molecule has 0 spiro atoms. The van der Waals surface area contributed by atoms with Crippen molar-refractivity contribution in [2.24, 2.45) is 0 Å². The summed E-state index contributed by atoms with van der Waals surface area (Å²) in [6, 6.07) is 6.70. The summed E-state index contributed by atoms with van der Waals surface area (Å²) in [4.78, 5) is 24.5. The Kier molecular flexibility index (Phi) is 8.59. The Hall–Kier alpha value is -1.40. The van der Waals surface area contributed by atoms with Gasteiger partial charge in [-0.15, -0.1) is 0 Å². The van der Waals surface area contributed by atoms with Crippen molar-refractivity contribution in [3.63, 3.8) is 0 Å². The molecule has 0 aromatic heterocycles.